The van der Waals surface area contributed by atoms with Gasteiger partial charge in [0.1, 0.15) is 5.82 Å². The van der Waals surface area contributed by atoms with Crippen LogP contribution in [0.15, 0.2) is 83.8 Å². The Morgan fingerprint density at radius 2 is 1.73 bits per heavy atom. The number of para-hydroxylation sites is 2. The molecule has 1 amide bonds. The van der Waals surface area contributed by atoms with Crippen LogP contribution in [0.4, 0.5) is 5.69 Å². The van der Waals surface area contributed by atoms with Crippen molar-refractivity contribution in [1.29, 1.82) is 0 Å². The molecule has 0 aliphatic carbocycles. The average molecular weight is 463 g/mol. The third-order valence-electron chi connectivity index (χ3n) is 5.63. The van der Waals surface area contributed by atoms with Crippen molar-refractivity contribution in [2.75, 3.05) is 4.72 Å². The number of aromatic amines is 1. The van der Waals surface area contributed by atoms with E-state index in [9.17, 15) is 13.2 Å². The second-order valence-corrected chi connectivity index (χ2v) is 9.66. The molecule has 4 rings (SSSR count). The van der Waals surface area contributed by atoms with Crippen LogP contribution >= 0.6 is 0 Å². The molecule has 33 heavy (non-hydrogen) atoms. The van der Waals surface area contributed by atoms with E-state index in [1.165, 1.54) is 18.2 Å². The Morgan fingerprint density at radius 1 is 1.00 bits per heavy atom. The summed E-state index contributed by atoms with van der Waals surface area (Å²) in [5, 5.41) is 3.07. The van der Waals surface area contributed by atoms with Crippen LogP contribution in [0, 0.1) is 5.92 Å². The molecule has 3 aromatic carbocycles. The number of rotatable bonds is 8. The van der Waals surface area contributed by atoms with E-state index in [0.29, 0.717) is 17.1 Å². The van der Waals surface area contributed by atoms with Gasteiger partial charge < -0.3 is 10.3 Å². The number of H-pyrrole nitrogens is 1. The van der Waals surface area contributed by atoms with Gasteiger partial charge in [0.15, 0.2) is 0 Å². The molecule has 170 valence electrons. The molecule has 4 aromatic rings. The van der Waals surface area contributed by atoms with Crippen LogP contribution < -0.4 is 10.0 Å². The number of sulfonamides is 1. The smallest absolute Gasteiger partial charge is 0.261 e. The molecule has 1 aromatic heterocycles. The van der Waals surface area contributed by atoms with Gasteiger partial charge in [0.2, 0.25) is 0 Å². The molecule has 1 heterocycles. The molecule has 7 nitrogen and oxygen atoms in total. The summed E-state index contributed by atoms with van der Waals surface area (Å²) >= 11 is 0. The summed E-state index contributed by atoms with van der Waals surface area (Å²) in [6.07, 6.45) is 0.846. The summed E-state index contributed by atoms with van der Waals surface area (Å²) in [4.78, 5) is 21.3. The van der Waals surface area contributed by atoms with E-state index < -0.39 is 10.0 Å². The quantitative estimate of drug-likeness (QED) is 0.347. The minimum absolute atomic E-state index is 0.134. The number of aromatic nitrogens is 2. The van der Waals surface area contributed by atoms with E-state index in [0.717, 1.165) is 17.5 Å². The highest BCUT2D eigenvalue weighted by atomic mass is 32.2. The van der Waals surface area contributed by atoms with E-state index in [4.69, 9.17) is 0 Å². The fourth-order valence-electron chi connectivity index (χ4n) is 3.60. The number of hydrogen-bond donors (Lipinski definition) is 3. The highest BCUT2D eigenvalue weighted by molar-refractivity contribution is 7.92. The van der Waals surface area contributed by atoms with E-state index in [-0.39, 0.29) is 22.8 Å². The number of fused-ring (bicyclic) bond motifs is 1. The van der Waals surface area contributed by atoms with Crippen molar-refractivity contribution >= 4 is 32.7 Å². The van der Waals surface area contributed by atoms with Crippen LogP contribution in [0.5, 0.6) is 0 Å². The van der Waals surface area contributed by atoms with Gasteiger partial charge in [-0.05, 0) is 48.4 Å². The van der Waals surface area contributed by atoms with Crippen molar-refractivity contribution in [3.8, 4) is 0 Å². The zero-order valence-corrected chi connectivity index (χ0v) is 19.3. The third-order valence-corrected chi connectivity index (χ3v) is 7.03. The minimum Gasteiger partial charge on any atom is -0.342 e. The van der Waals surface area contributed by atoms with Crippen LogP contribution in [0.3, 0.4) is 0 Å². The number of carbonyl (C=O) groups is 1. The fourth-order valence-corrected chi connectivity index (χ4v) is 4.67. The topological polar surface area (TPSA) is 104 Å². The van der Waals surface area contributed by atoms with E-state index in [2.05, 4.69) is 33.9 Å². The van der Waals surface area contributed by atoms with Crippen molar-refractivity contribution in [2.45, 2.75) is 31.2 Å². The van der Waals surface area contributed by atoms with E-state index in [1.807, 2.05) is 24.3 Å². The molecule has 2 unspecified atom stereocenters. The number of nitrogens with one attached hydrogen (secondary N) is 3. The maximum absolute atomic E-state index is 13.1. The molecule has 0 aliphatic heterocycles. The van der Waals surface area contributed by atoms with Gasteiger partial charge in [-0.15, -0.1) is 0 Å². The van der Waals surface area contributed by atoms with E-state index in [1.54, 1.807) is 36.4 Å². The molecular weight excluding hydrogens is 436 g/mol. The lowest BCUT2D eigenvalue weighted by atomic mass is 9.98. The summed E-state index contributed by atoms with van der Waals surface area (Å²) in [5.74, 6) is 0.524. The summed E-state index contributed by atoms with van der Waals surface area (Å²) < 4.78 is 27.8. The zero-order valence-electron chi connectivity index (χ0n) is 18.4. The van der Waals surface area contributed by atoms with Gasteiger partial charge in [-0.2, -0.15) is 0 Å². The second-order valence-electron chi connectivity index (χ2n) is 7.98. The Balaban J connectivity index is 1.56. The van der Waals surface area contributed by atoms with Gasteiger partial charge in [0.05, 0.1) is 22.0 Å². The first kappa shape index (κ1) is 22.5. The predicted octanol–water partition coefficient (Wildman–Crippen LogP) is 4.88. The highest BCUT2D eigenvalue weighted by Gasteiger charge is 2.24. The van der Waals surface area contributed by atoms with Crippen molar-refractivity contribution in [1.82, 2.24) is 15.3 Å². The number of amides is 1. The number of nitrogens with zero attached hydrogens (tertiary/aromatic N) is 1. The molecule has 0 aliphatic rings. The average Bonchev–Trinajstić information content (AvgIpc) is 3.26. The maximum Gasteiger partial charge on any atom is 0.261 e. The van der Waals surface area contributed by atoms with E-state index >= 15 is 0 Å². The highest BCUT2D eigenvalue weighted by Crippen LogP contribution is 2.25. The second kappa shape index (κ2) is 9.46. The van der Waals surface area contributed by atoms with Gasteiger partial charge in [-0.25, -0.2) is 13.4 Å². The maximum atomic E-state index is 13.1. The Morgan fingerprint density at radius 3 is 2.45 bits per heavy atom. The van der Waals surface area contributed by atoms with Crippen LogP contribution in [-0.4, -0.2) is 24.3 Å². The summed E-state index contributed by atoms with van der Waals surface area (Å²) in [5.41, 5.74) is 2.42. The summed E-state index contributed by atoms with van der Waals surface area (Å²) in [7, 11) is -3.75. The van der Waals surface area contributed by atoms with Crippen molar-refractivity contribution in [3.05, 3.63) is 90.3 Å². The molecule has 3 N–H and O–H groups in total. The van der Waals surface area contributed by atoms with Crippen LogP contribution in [0.1, 0.15) is 42.5 Å². The first-order valence-electron chi connectivity index (χ1n) is 10.8. The molecule has 2 atom stereocenters. The Bertz CT molecular complexity index is 1330. The third kappa shape index (κ3) is 5.06. The SMILES string of the molecule is CCC(C)C(NC(=O)c1cccc(NS(=O)(=O)c2ccccc2)c1)c1nc2ccccc2[nH]1. The normalized spacial score (nSPS) is 13.4. The van der Waals surface area contributed by atoms with Gasteiger partial charge >= 0.3 is 0 Å². The molecule has 0 saturated carbocycles. The van der Waals surface area contributed by atoms with Crippen LogP contribution in [0.25, 0.3) is 11.0 Å². The molecule has 0 spiro atoms. The Labute approximate surface area is 193 Å². The summed E-state index contributed by atoms with van der Waals surface area (Å²) in [6, 6.07) is 22.0. The number of carbonyl (C=O) groups excluding carboxylic acids is 1. The molecule has 0 fully saturated rings. The fraction of sp³-hybridized carbons (Fsp3) is 0.200. The monoisotopic (exact) mass is 462 g/mol. The van der Waals surface area contributed by atoms with Gasteiger partial charge in [0, 0.05) is 11.3 Å². The van der Waals surface area contributed by atoms with Crippen molar-refractivity contribution in [3.63, 3.8) is 0 Å². The lowest BCUT2D eigenvalue weighted by Crippen LogP contribution is -2.33. The van der Waals surface area contributed by atoms with Gasteiger partial charge in [-0.1, -0.05) is 56.7 Å². The molecule has 8 heteroatoms. The predicted molar refractivity (Wildman–Crippen MR) is 129 cm³/mol. The largest absolute Gasteiger partial charge is 0.342 e. The Kier molecular flexibility index (Phi) is 6.46. The molecular formula is C25H26N4O3S. The van der Waals surface area contributed by atoms with Crippen molar-refractivity contribution in [2.24, 2.45) is 5.92 Å². The van der Waals surface area contributed by atoms with Gasteiger partial charge in [0.25, 0.3) is 15.9 Å². The van der Waals surface area contributed by atoms with Crippen molar-refractivity contribution < 1.29 is 13.2 Å². The molecule has 0 saturated heterocycles. The number of benzene rings is 3. The first-order valence-corrected chi connectivity index (χ1v) is 12.3. The summed E-state index contributed by atoms with van der Waals surface area (Å²) in [6.45, 7) is 4.12. The molecule has 0 radical (unpaired) electrons. The first-order chi connectivity index (χ1) is 15.9. The van der Waals surface area contributed by atoms with Crippen LogP contribution in [0.2, 0.25) is 0 Å². The zero-order chi connectivity index (χ0) is 23.4. The Hall–Kier alpha value is -3.65. The van der Waals surface area contributed by atoms with Gasteiger partial charge in [-0.3, -0.25) is 9.52 Å². The number of imidazole rings is 1. The number of anilines is 1. The standard InChI is InChI=1S/C25H26N4O3S/c1-3-17(2)23(24-26-21-14-7-8-15-22(21)27-24)28-25(30)18-10-9-11-19(16-18)29-33(31,32)20-12-5-4-6-13-20/h4-17,23,29H,3H2,1-2H3,(H,26,27)(H,28,30). The lowest BCUT2D eigenvalue weighted by Gasteiger charge is -2.22. The van der Waals surface area contributed by atoms with Crippen LogP contribution in [-0.2, 0) is 10.0 Å². The lowest BCUT2D eigenvalue weighted by molar-refractivity contribution is 0.0920. The molecule has 0 bridgehead atoms. The number of hydrogen-bond acceptors (Lipinski definition) is 4. The minimum atomic E-state index is -3.75.